The fourth-order valence-electron chi connectivity index (χ4n) is 3.66. The molecule has 0 atom stereocenters. The summed E-state index contributed by atoms with van der Waals surface area (Å²) in [5, 5.41) is 5.66. The van der Waals surface area contributed by atoms with Crippen molar-refractivity contribution in [3.05, 3.63) is 70.0 Å². The second kappa shape index (κ2) is 7.86. The van der Waals surface area contributed by atoms with Crippen molar-refractivity contribution >= 4 is 22.5 Å². The molecule has 0 saturated heterocycles. The molecule has 0 unspecified atom stereocenters. The Labute approximate surface area is 181 Å². The molecule has 2 aromatic heterocycles. The summed E-state index contributed by atoms with van der Waals surface area (Å²) in [5.74, 6) is -0.899. The zero-order chi connectivity index (χ0) is 21.5. The number of rotatable bonds is 5. The van der Waals surface area contributed by atoms with Gasteiger partial charge >= 0.3 is 0 Å². The van der Waals surface area contributed by atoms with Gasteiger partial charge in [0.2, 0.25) is 0 Å². The van der Waals surface area contributed by atoms with Gasteiger partial charge in [-0.3, -0.25) is 4.68 Å². The molecule has 0 N–H and O–H groups in total. The summed E-state index contributed by atoms with van der Waals surface area (Å²) < 4.78 is 41.4. The van der Waals surface area contributed by atoms with Gasteiger partial charge in [-0.05, 0) is 13.0 Å². The van der Waals surface area contributed by atoms with Crippen LogP contribution in [-0.4, -0.2) is 26.4 Å². The van der Waals surface area contributed by atoms with E-state index in [2.05, 4.69) is 15.1 Å². The van der Waals surface area contributed by atoms with E-state index in [1.54, 1.807) is 6.92 Å². The number of hydrogen-bond acceptors (Lipinski definition) is 5. The minimum absolute atomic E-state index is 0.105. The predicted octanol–water partition coefficient (Wildman–Crippen LogP) is 4.90. The van der Waals surface area contributed by atoms with Crippen molar-refractivity contribution in [2.45, 2.75) is 26.7 Å². The Kier molecular flexibility index (Phi) is 5.03. The highest BCUT2D eigenvalue weighted by Gasteiger charge is 2.23. The number of benzene rings is 2. The molecule has 9 heteroatoms. The van der Waals surface area contributed by atoms with Gasteiger partial charge in [-0.1, -0.05) is 29.8 Å². The number of para-hydroxylation sites is 1. The third-order valence-corrected chi connectivity index (χ3v) is 5.44. The number of fused-ring (bicyclic) bond motifs is 2. The maximum Gasteiger partial charge on any atom is 0.182 e. The molecule has 0 fully saturated rings. The largest absolute Gasteiger partial charge is 0.494 e. The summed E-state index contributed by atoms with van der Waals surface area (Å²) in [6, 6.07) is 9.73. The van der Waals surface area contributed by atoms with Crippen molar-refractivity contribution in [3.8, 4) is 17.3 Å². The number of halogens is 3. The van der Waals surface area contributed by atoms with Crippen LogP contribution in [0.15, 0.2) is 36.4 Å². The molecule has 3 heterocycles. The predicted molar refractivity (Wildman–Crippen MR) is 111 cm³/mol. The Morgan fingerprint density at radius 3 is 2.68 bits per heavy atom. The average Bonchev–Trinajstić information content (AvgIpc) is 3.36. The first-order valence-corrected chi connectivity index (χ1v) is 10.1. The molecule has 31 heavy (non-hydrogen) atoms. The van der Waals surface area contributed by atoms with E-state index >= 15 is 0 Å². The third kappa shape index (κ3) is 3.51. The van der Waals surface area contributed by atoms with Crippen LogP contribution in [0.25, 0.3) is 22.4 Å². The molecule has 0 spiro atoms. The van der Waals surface area contributed by atoms with Crippen molar-refractivity contribution in [3.63, 3.8) is 0 Å². The monoisotopic (exact) mass is 442 g/mol. The summed E-state index contributed by atoms with van der Waals surface area (Å²) in [4.78, 5) is 8.95. The smallest absolute Gasteiger partial charge is 0.182 e. The first kappa shape index (κ1) is 19.8. The standard InChI is InChI=1S/C22H17ClF2N4O2/c1-2-31-12-7-16(24)14(17(25)8-12)9-29-19-6-4-3-5-13(19)20(28-29)22-26-18-11-30-10-15(18)21(23)27-22/h3-8H,2,9-11H2,1H3. The lowest BCUT2D eigenvalue weighted by molar-refractivity contribution is 0.133. The summed E-state index contributed by atoms with van der Waals surface area (Å²) in [6.07, 6.45) is 0. The van der Waals surface area contributed by atoms with Gasteiger partial charge in [0.05, 0.1) is 37.6 Å². The highest BCUT2D eigenvalue weighted by atomic mass is 35.5. The highest BCUT2D eigenvalue weighted by molar-refractivity contribution is 6.30. The molecule has 0 radical (unpaired) electrons. The van der Waals surface area contributed by atoms with Gasteiger partial charge in [-0.25, -0.2) is 18.7 Å². The molecule has 4 aromatic rings. The summed E-state index contributed by atoms with van der Waals surface area (Å²) in [7, 11) is 0. The van der Waals surface area contributed by atoms with Crippen molar-refractivity contribution in [2.75, 3.05) is 6.61 Å². The Morgan fingerprint density at radius 2 is 1.90 bits per heavy atom. The van der Waals surface area contributed by atoms with Gasteiger partial charge < -0.3 is 9.47 Å². The highest BCUT2D eigenvalue weighted by Crippen LogP contribution is 2.31. The van der Waals surface area contributed by atoms with Crippen molar-refractivity contribution in [1.82, 2.24) is 19.7 Å². The summed E-state index contributed by atoms with van der Waals surface area (Å²) in [5.41, 5.74) is 2.56. The van der Waals surface area contributed by atoms with Crippen LogP contribution < -0.4 is 4.74 Å². The molecule has 6 nitrogen and oxygen atoms in total. The van der Waals surface area contributed by atoms with Gasteiger partial charge in [0.1, 0.15) is 28.2 Å². The van der Waals surface area contributed by atoms with Crippen LogP contribution in [0.1, 0.15) is 23.7 Å². The van der Waals surface area contributed by atoms with E-state index in [1.165, 1.54) is 16.8 Å². The molecule has 0 saturated carbocycles. The second-order valence-electron chi connectivity index (χ2n) is 7.08. The van der Waals surface area contributed by atoms with Gasteiger partial charge in [0, 0.05) is 28.6 Å². The molecule has 2 aromatic carbocycles. The first-order valence-electron chi connectivity index (χ1n) is 9.74. The van der Waals surface area contributed by atoms with Crippen LogP contribution in [0.5, 0.6) is 5.75 Å². The van der Waals surface area contributed by atoms with Crippen LogP contribution in [0.2, 0.25) is 5.15 Å². The summed E-state index contributed by atoms with van der Waals surface area (Å²) in [6.45, 7) is 2.69. The molecule has 0 bridgehead atoms. The van der Waals surface area contributed by atoms with Crippen molar-refractivity contribution in [1.29, 1.82) is 0 Å². The van der Waals surface area contributed by atoms with Crippen molar-refractivity contribution in [2.24, 2.45) is 0 Å². The van der Waals surface area contributed by atoms with Crippen LogP contribution in [0.3, 0.4) is 0 Å². The van der Waals surface area contributed by atoms with Crippen molar-refractivity contribution < 1.29 is 18.3 Å². The van der Waals surface area contributed by atoms with E-state index in [-0.39, 0.29) is 17.9 Å². The van der Waals surface area contributed by atoms with E-state index in [1.807, 2.05) is 24.3 Å². The lowest BCUT2D eigenvalue weighted by Crippen LogP contribution is -2.07. The molecular formula is C22H17ClF2N4O2. The Bertz CT molecular complexity index is 1290. The van der Waals surface area contributed by atoms with E-state index in [0.717, 1.165) is 16.6 Å². The van der Waals surface area contributed by atoms with Crippen LogP contribution in [0.4, 0.5) is 8.78 Å². The molecular weight excluding hydrogens is 426 g/mol. The lowest BCUT2D eigenvalue weighted by Gasteiger charge is -2.09. The molecule has 1 aliphatic heterocycles. The first-order chi connectivity index (χ1) is 15.0. The number of nitrogens with zero attached hydrogens (tertiary/aromatic N) is 4. The second-order valence-corrected chi connectivity index (χ2v) is 7.44. The van der Waals surface area contributed by atoms with E-state index in [9.17, 15) is 8.78 Å². The zero-order valence-electron chi connectivity index (χ0n) is 16.5. The van der Waals surface area contributed by atoms with Gasteiger partial charge in [0.15, 0.2) is 5.82 Å². The molecule has 0 aliphatic carbocycles. The van der Waals surface area contributed by atoms with Gasteiger partial charge in [0.25, 0.3) is 0 Å². The number of hydrogen-bond donors (Lipinski definition) is 0. The molecule has 0 amide bonds. The van der Waals surface area contributed by atoms with Crippen LogP contribution >= 0.6 is 11.6 Å². The van der Waals surface area contributed by atoms with E-state index < -0.39 is 11.6 Å². The maximum absolute atomic E-state index is 14.6. The number of aromatic nitrogens is 4. The minimum atomic E-state index is -0.696. The average molecular weight is 443 g/mol. The van der Waals surface area contributed by atoms with E-state index in [0.29, 0.717) is 42.0 Å². The molecule has 1 aliphatic rings. The Balaban J connectivity index is 1.60. The molecule has 5 rings (SSSR count). The SMILES string of the molecule is CCOc1cc(F)c(Cn2nc(-c3nc(Cl)c4c(n3)COC4)c3ccccc32)c(F)c1. The fraction of sp³-hybridized carbons (Fsp3) is 0.227. The van der Waals surface area contributed by atoms with Crippen LogP contribution in [0, 0.1) is 11.6 Å². The quantitative estimate of drug-likeness (QED) is 0.411. The number of ether oxygens (including phenoxy) is 2. The normalized spacial score (nSPS) is 13.0. The topological polar surface area (TPSA) is 62.1 Å². The lowest BCUT2D eigenvalue weighted by atomic mass is 10.1. The Hall–Kier alpha value is -3.10. The molecule has 158 valence electrons. The van der Waals surface area contributed by atoms with Gasteiger partial charge in [-0.2, -0.15) is 5.10 Å². The fourth-order valence-corrected chi connectivity index (χ4v) is 3.91. The van der Waals surface area contributed by atoms with Gasteiger partial charge in [-0.15, -0.1) is 0 Å². The summed E-state index contributed by atoms with van der Waals surface area (Å²) >= 11 is 6.32. The zero-order valence-corrected chi connectivity index (χ0v) is 17.3. The van der Waals surface area contributed by atoms with Crippen LogP contribution in [-0.2, 0) is 24.5 Å². The minimum Gasteiger partial charge on any atom is -0.494 e. The Morgan fingerprint density at radius 1 is 1.13 bits per heavy atom. The van der Waals surface area contributed by atoms with E-state index in [4.69, 9.17) is 21.1 Å². The third-order valence-electron chi connectivity index (χ3n) is 5.13. The maximum atomic E-state index is 14.6.